The molecule has 0 bridgehead atoms. The van der Waals surface area contributed by atoms with Crippen LogP contribution in [0.25, 0.3) is 0 Å². The monoisotopic (exact) mass is 300 g/mol. The van der Waals surface area contributed by atoms with E-state index >= 15 is 0 Å². The second kappa shape index (κ2) is 10.0. The average molecular weight is 301 g/mol. The number of ether oxygens (including phenoxy) is 1. The minimum Gasteiger partial charge on any atom is -1.00 e. The van der Waals surface area contributed by atoms with Crippen molar-refractivity contribution in [2.24, 2.45) is 0 Å². The van der Waals surface area contributed by atoms with Gasteiger partial charge in [-0.25, -0.2) is 4.39 Å². The summed E-state index contributed by atoms with van der Waals surface area (Å²) in [6, 6.07) is 4.67. The number of halogens is 3. The number of hydrogen-bond donors (Lipinski definition) is 0. The summed E-state index contributed by atoms with van der Waals surface area (Å²) in [7, 11) is 0. The van der Waals surface area contributed by atoms with Gasteiger partial charge in [0.15, 0.2) is 0 Å². The van der Waals surface area contributed by atoms with Gasteiger partial charge < -0.3 is 21.7 Å². The minimum atomic E-state index is -0.956. The van der Waals surface area contributed by atoms with Crippen LogP contribution in [-0.2, 0) is 0 Å². The Morgan fingerprint density at radius 1 is 1.38 bits per heavy atom. The standard InChI is InChI=1S/C11H11F2O.BrH.Mg/c1-2-3-4-8-14-10-7-5-6-9(12)11(10)13;;/h2,6-7H,1,3-4,8H2;1H;/q-1;;+2/p-1. The molecular formula is C11H11BrF2MgO. The predicted molar refractivity (Wildman–Crippen MR) is 55.9 cm³/mol. The van der Waals surface area contributed by atoms with Gasteiger partial charge in [-0.1, -0.05) is 6.08 Å². The van der Waals surface area contributed by atoms with Crippen molar-refractivity contribution in [3.8, 4) is 5.75 Å². The zero-order valence-corrected chi connectivity index (χ0v) is 11.8. The van der Waals surface area contributed by atoms with Crippen molar-refractivity contribution in [1.29, 1.82) is 0 Å². The van der Waals surface area contributed by atoms with Gasteiger partial charge in [-0.15, -0.1) is 18.7 Å². The van der Waals surface area contributed by atoms with Gasteiger partial charge in [-0.3, -0.25) is 4.39 Å². The van der Waals surface area contributed by atoms with Crippen LogP contribution in [0.2, 0.25) is 0 Å². The molecule has 0 aliphatic carbocycles. The molecule has 16 heavy (non-hydrogen) atoms. The Balaban J connectivity index is 0. The molecule has 5 heteroatoms. The van der Waals surface area contributed by atoms with Crippen LogP contribution >= 0.6 is 0 Å². The minimum absolute atomic E-state index is 0. The van der Waals surface area contributed by atoms with Crippen LogP contribution in [0.15, 0.2) is 24.8 Å². The first-order chi connectivity index (χ1) is 6.75. The zero-order chi connectivity index (χ0) is 10.4. The van der Waals surface area contributed by atoms with Crippen LogP contribution in [0.5, 0.6) is 5.75 Å². The third-order valence-corrected chi connectivity index (χ3v) is 1.66. The Morgan fingerprint density at radius 2 is 2.06 bits per heavy atom. The van der Waals surface area contributed by atoms with Crippen molar-refractivity contribution in [3.63, 3.8) is 0 Å². The van der Waals surface area contributed by atoms with Crippen molar-refractivity contribution in [3.05, 3.63) is 42.5 Å². The molecule has 1 aromatic carbocycles. The van der Waals surface area contributed by atoms with Gasteiger partial charge in [0.2, 0.25) is 0 Å². The first-order valence-electron chi connectivity index (χ1n) is 4.34. The van der Waals surface area contributed by atoms with Crippen LogP contribution in [0.3, 0.4) is 0 Å². The van der Waals surface area contributed by atoms with Gasteiger partial charge in [0.25, 0.3) is 0 Å². The summed E-state index contributed by atoms with van der Waals surface area (Å²) in [5, 5.41) is 0. The van der Waals surface area contributed by atoms with Gasteiger partial charge in [0.1, 0.15) is 0 Å². The molecule has 0 N–H and O–H groups in total. The normalized spacial score (nSPS) is 8.62. The molecule has 84 valence electrons. The van der Waals surface area contributed by atoms with Crippen molar-refractivity contribution in [2.75, 3.05) is 6.61 Å². The molecule has 0 unspecified atom stereocenters. The van der Waals surface area contributed by atoms with Crippen molar-refractivity contribution >= 4 is 23.1 Å². The molecule has 0 atom stereocenters. The second-order valence-electron chi connectivity index (χ2n) is 2.76. The van der Waals surface area contributed by atoms with E-state index in [1.54, 1.807) is 6.08 Å². The van der Waals surface area contributed by atoms with E-state index in [1.807, 2.05) is 0 Å². The summed E-state index contributed by atoms with van der Waals surface area (Å²) < 4.78 is 30.6. The van der Waals surface area contributed by atoms with Gasteiger partial charge in [0, 0.05) is 11.6 Å². The number of allylic oxidation sites excluding steroid dienone is 1. The van der Waals surface area contributed by atoms with Crippen LogP contribution in [0.4, 0.5) is 8.78 Å². The van der Waals surface area contributed by atoms with Crippen molar-refractivity contribution < 1.29 is 30.5 Å². The van der Waals surface area contributed by atoms with E-state index in [9.17, 15) is 8.78 Å². The van der Waals surface area contributed by atoms with Gasteiger partial charge in [0.05, 0.1) is 12.4 Å². The maximum atomic E-state index is 13.0. The van der Waals surface area contributed by atoms with E-state index in [4.69, 9.17) is 4.74 Å². The number of rotatable bonds is 5. The first kappa shape index (κ1) is 18.2. The summed E-state index contributed by atoms with van der Waals surface area (Å²) in [5.74, 6) is -1.98. The summed E-state index contributed by atoms with van der Waals surface area (Å²) in [4.78, 5) is 0. The van der Waals surface area contributed by atoms with E-state index in [2.05, 4.69) is 12.6 Å². The Bertz CT molecular complexity index is 321. The Morgan fingerprint density at radius 3 is 2.69 bits per heavy atom. The van der Waals surface area contributed by atoms with Gasteiger partial charge in [-0.05, 0) is 12.8 Å². The molecule has 0 aliphatic heterocycles. The smallest absolute Gasteiger partial charge is 1.00 e. The molecule has 0 aromatic heterocycles. The van der Waals surface area contributed by atoms with E-state index in [0.717, 1.165) is 18.9 Å². The maximum Gasteiger partial charge on any atom is 2.00 e. The fourth-order valence-corrected chi connectivity index (χ4v) is 0.950. The molecule has 1 aromatic rings. The Labute approximate surface area is 121 Å². The van der Waals surface area contributed by atoms with E-state index in [0.29, 0.717) is 6.61 Å². The number of unbranched alkanes of at least 4 members (excludes halogenated alkanes) is 1. The summed E-state index contributed by atoms with van der Waals surface area (Å²) in [6.45, 7) is 3.89. The van der Waals surface area contributed by atoms with Crippen LogP contribution in [0.1, 0.15) is 12.8 Å². The molecule has 1 nitrogen and oxygen atoms in total. The molecule has 0 heterocycles. The maximum absolute atomic E-state index is 13.0. The van der Waals surface area contributed by atoms with Crippen LogP contribution < -0.4 is 21.7 Å². The second-order valence-corrected chi connectivity index (χ2v) is 2.76. The largest absolute Gasteiger partial charge is 2.00 e. The topological polar surface area (TPSA) is 9.23 Å². The summed E-state index contributed by atoms with van der Waals surface area (Å²) >= 11 is 0. The number of hydrogen-bond acceptors (Lipinski definition) is 1. The van der Waals surface area contributed by atoms with Gasteiger partial charge in [-0.2, -0.15) is 6.07 Å². The van der Waals surface area contributed by atoms with Crippen molar-refractivity contribution in [1.82, 2.24) is 0 Å². The molecule has 0 amide bonds. The average Bonchev–Trinajstić information content (AvgIpc) is 2.19. The predicted octanol–water partition coefficient (Wildman–Crippen LogP) is -0.267. The first-order valence-corrected chi connectivity index (χ1v) is 4.34. The quantitative estimate of drug-likeness (QED) is 0.315. The molecule has 0 radical (unpaired) electrons. The summed E-state index contributed by atoms with van der Waals surface area (Å²) in [6.07, 6.45) is 3.28. The van der Waals surface area contributed by atoms with Crippen LogP contribution in [0, 0.1) is 17.7 Å². The fraction of sp³-hybridized carbons (Fsp3) is 0.273. The molecule has 0 saturated heterocycles. The molecule has 0 aliphatic rings. The summed E-state index contributed by atoms with van der Waals surface area (Å²) in [5.41, 5.74) is 0. The fourth-order valence-electron chi connectivity index (χ4n) is 0.950. The Kier molecular flexibility index (Phi) is 11.5. The molecule has 0 fully saturated rings. The number of benzene rings is 1. The van der Waals surface area contributed by atoms with E-state index in [-0.39, 0.29) is 45.8 Å². The van der Waals surface area contributed by atoms with Crippen LogP contribution in [-0.4, -0.2) is 29.7 Å². The SMILES string of the molecule is C=CCCCOc1c[c-]cc(F)c1F.[Br-].[Mg+2]. The van der Waals surface area contributed by atoms with Crippen molar-refractivity contribution in [2.45, 2.75) is 12.8 Å². The molecular weight excluding hydrogens is 290 g/mol. The molecule has 1 rings (SSSR count). The van der Waals surface area contributed by atoms with E-state index in [1.165, 1.54) is 6.07 Å². The zero-order valence-electron chi connectivity index (χ0n) is 8.81. The Hall–Kier alpha value is -0.134. The molecule has 0 spiro atoms. The van der Waals surface area contributed by atoms with Gasteiger partial charge >= 0.3 is 23.1 Å². The van der Waals surface area contributed by atoms with E-state index < -0.39 is 11.6 Å². The third-order valence-electron chi connectivity index (χ3n) is 1.66. The third kappa shape index (κ3) is 5.82. The molecule has 0 saturated carbocycles.